The van der Waals surface area contributed by atoms with E-state index >= 15 is 0 Å². The normalized spacial score (nSPS) is 13.6. The monoisotopic (exact) mass is 254 g/mol. The van der Waals surface area contributed by atoms with Crippen LogP contribution in [-0.2, 0) is 0 Å². The van der Waals surface area contributed by atoms with Crippen LogP contribution in [0.2, 0.25) is 0 Å². The summed E-state index contributed by atoms with van der Waals surface area (Å²) >= 11 is 0. The smallest absolute Gasteiger partial charge is 0.258 e. The third kappa shape index (κ3) is 2.05. The molecule has 1 aromatic carbocycles. The van der Waals surface area contributed by atoms with Crippen molar-refractivity contribution in [3.8, 4) is 5.75 Å². The maximum absolute atomic E-state index is 12.6. The summed E-state index contributed by atoms with van der Waals surface area (Å²) in [6.07, 6.45) is 3.35. The lowest BCUT2D eigenvalue weighted by Gasteiger charge is -2.29. The lowest BCUT2D eigenvalue weighted by molar-refractivity contribution is 0.0976. The van der Waals surface area contributed by atoms with Gasteiger partial charge >= 0.3 is 0 Å². The first-order valence-electron chi connectivity index (χ1n) is 6.21. The molecular weight excluding hydrogens is 240 g/mol. The standard InChI is InChI=1S/C15H14N2O2/c1-11-10-16-7-6-12(11)15(18)17-8-9-19-14-5-3-2-4-13(14)17/h2-7,10H,8-9H2,1H3. The topological polar surface area (TPSA) is 42.4 Å². The summed E-state index contributed by atoms with van der Waals surface area (Å²) in [7, 11) is 0. The molecule has 0 radical (unpaired) electrons. The molecule has 0 N–H and O–H groups in total. The highest BCUT2D eigenvalue weighted by Gasteiger charge is 2.25. The van der Waals surface area contributed by atoms with Crippen LogP contribution in [0.5, 0.6) is 5.75 Å². The molecule has 2 aromatic rings. The highest BCUT2D eigenvalue weighted by Crippen LogP contribution is 2.32. The van der Waals surface area contributed by atoms with Crippen LogP contribution in [0, 0.1) is 6.92 Å². The largest absolute Gasteiger partial charge is 0.490 e. The predicted octanol–water partition coefficient (Wildman–Crippen LogP) is 2.43. The molecule has 1 aromatic heterocycles. The first-order chi connectivity index (χ1) is 9.27. The summed E-state index contributed by atoms with van der Waals surface area (Å²) < 4.78 is 5.56. The van der Waals surface area contributed by atoms with Gasteiger partial charge in [-0.05, 0) is 30.7 Å². The van der Waals surface area contributed by atoms with Gasteiger partial charge < -0.3 is 9.64 Å². The molecule has 0 spiro atoms. The van der Waals surface area contributed by atoms with Crippen molar-refractivity contribution < 1.29 is 9.53 Å². The fourth-order valence-electron chi connectivity index (χ4n) is 2.24. The zero-order valence-electron chi connectivity index (χ0n) is 10.7. The van der Waals surface area contributed by atoms with Crippen molar-refractivity contribution in [2.75, 3.05) is 18.1 Å². The van der Waals surface area contributed by atoms with Gasteiger partial charge in [-0.15, -0.1) is 0 Å². The average Bonchev–Trinajstić information content (AvgIpc) is 2.46. The molecule has 0 bridgehead atoms. The minimum Gasteiger partial charge on any atom is -0.490 e. The van der Waals surface area contributed by atoms with Crippen LogP contribution in [0.4, 0.5) is 5.69 Å². The number of aromatic nitrogens is 1. The number of ether oxygens (including phenoxy) is 1. The Balaban J connectivity index is 2.00. The number of aryl methyl sites for hydroxylation is 1. The highest BCUT2D eigenvalue weighted by molar-refractivity contribution is 6.07. The Bertz CT molecular complexity index is 625. The van der Waals surface area contributed by atoms with Gasteiger partial charge in [-0.1, -0.05) is 12.1 Å². The highest BCUT2D eigenvalue weighted by atomic mass is 16.5. The SMILES string of the molecule is Cc1cnccc1C(=O)N1CCOc2ccccc21. The van der Waals surface area contributed by atoms with E-state index in [1.165, 1.54) is 0 Å². The number of anilines is 1. The summed E-state index contributed by atoms with van der Waals surface area (Å²) in [5.74, 6) is 0.754. The predicted molar refractivity (Wildman–Crippen MR) is 72.6 cm³/mol. The van der Waals surface area contributed by atoms with Gasteiger partial charge in [0.2, 0.25) is 0 Å². The van der Waals surface area contributed by atoms with Crippen molar-refractivity contribution in [3.05, 3.63) is 53.9 Å². The fourth-order valence-corrected chi connectivity index (χ4v) is 2.24. The van der Waals surface area contributed by atoms with Gasteiger partial charge in [0.15, 0.2) is 0 Å². The van der Waals surface area contributed by atoms with Crippen molar-refractivity contribution in [1.29, 1.82) is 0 Å². The van der Waals surface area contributed by atoms with Crippen LogP contribution >= 0.6 is 0 Å². The maximum Gasteiger partial charge on any atom is 0.258 e. The maximum atomic E-state index is 12.6. The van der Waals surface area contributed by atoms with Gasteiger partial charge in [-0.25, -0.2) is 0 Å². The molecule has 1 aliphatic rings. The molecule has 4 heteroatoms. The Kier molecular flexibility index (Phi) is 2.91. The van der Waals surface area contributed by atoms with Gasteiger partial charge in [0, 0.05) is 18.0 Å². The number of fused-ring (bicyclic) bond motifs is 1. The second-order valence-corrected chi connectivity index (χ2v) is 4.46. The van der Waals surface area contributed by atoms with Gasteiger partial charge in [0.1, 0.15) is 12.4 Å². The summed E-state index contributed by atoms with van der Waals surface area (Å²) in [5.41, 5.74) is 2.40. The number of hydrogen-bond acceptors (Lipinski definition) is 3. The van der Waals surface area contributed by atoms with Crippen molar-refractivity contribution in [1.82, 2.24) is 4.98 Å². The second-order valence-electron chi connectivity index (χ2n) is 4.46. The van der Waals surface area contributed by atoms with Gasteiger partial charge in [0.05, 0.1) is 12.2 Å². The van der Waals surface area contributed by atoms with Gasteiger partial charge in [-0.2, -0.15) is 0 Å². The first kappa shape index (κ1) is 11.7. The van der Waals surface area contributed by atoms with E-state index in [4.69, 9.17) is 4.74 Å². The molecule has 1 amide bonds. The zero-order valence-corrected chi connectivity index (χ0v) is 10.7. The number of hydrogen-bond donors (Lipinski definition) is 0. The molecule has 19 heavy (non-hydrogen) atoms. The minimum atomic E-state index is -0.00403. The lowest BCUT2D eigenvalue weighted by Crippen LogP contribution is -2.38. The molecule has 0 aliphatic carbocycles. The van der Waals surface area contributed by atoms with Crippen LogP contribution in [0.25, 0.3) is 0 Å². The van der Waals surface area contributed by atoms with Crippen molar-refractivity contribution in [2.24, 2.45) is 0 Å². The van der Waals surface area contributed by atoms with E-state index in [2.05, 4.69) is 4.98 Å². The molecular formula is C15H14N2O2. The number of carbonyl (C=O) groups excluding carboxylic acids is 1. The molecule has 2 heterocycles. The quantitative estimate of drug-likeness (QED) is 0.785. The zero-order chi connectivity index (χ0) is 13.2. The van der Waals surface area contributed by atoms with Crippen molar-refractivity contribution >= 4 is 11.6 Å². The van der Waals surface area contributed by atoms with E-state index in [9.17, 15) is 4.79 Å². The molecule has 4 nitrogen and oxygen atoms in total. The summed E-state index contributed by atoms with van der Waals surface area (Å²) in [4.78, 5) is 18.4. The van der Waals surface area contributed by atoms with Crippen LogP contribution in [0.1, 0.15) is 15.9 Å². The van der Waals surface area contributed by atoms with Crippen molar-refractivity contribution in [3.63, 3.8) is 0 Å². The molecule has 3 rings (SSSR count). The van der Waals surface area contributed by atoms with E-state index < -0.39 is 0 Å². The van der Waals surface area contributed by atoms with Crippen LogP contribution in [0.3, 0.4) is 0 Å². The Morgan fingerprint density at radius 2 is 2.16 bits per heavy atom. The van der Waals surface area contributed by atoms with E-state index in [-0.39, 0.29) is 5.91 Å². The van der Waals surface area contributed by atoms with E-state index in [0.29, 0.717) is 18.7 Å². The van der Waals surface area contributed by atoms with E-state index in [1.54, 1.807) is 23.4 Å². The van der Waals surface area contributed by atoms with Crippen molar-refractivity contribution in [2.45, 2.75) is 6.92 Å². The average molecular weight is 254 g/mol. The number of para-hydroxylation sites is 2. The fraction of sp³-hybridized carbons (Fsp3) is 0.200. The molecule has 0 atom stereocenters. The Morgan fingerprint density at radius 1 is 1.32 bits per heavy atom. The van der Waals surface area contributed by atoms with Gasteiger partial charge in [-0.3, -0.25) is 9.78 Å². The van der Waals surface area contributed by atoms with E-state index in [0.717, 1.165) is 17.0 Å². The summed E-state index contributed by atoms with van der Waals surface area (Å²) in [5, 5.41) is 0. The Hall–Kier alpha value is -2.36. The van der Waals surface area contributed by atoms with Gasteiger partial charge in [0.25, 0.3) is 5.91 Å². The van der Waals surface area contributed by atoms with Crippen LogP contribution in [-0.4, -0.2) is 24.0 Å². The molecule has 0 saturated heterocycles. The molecule has 0 fully saturated rings. The number of rotatable bonds is 1. The van der Waals surface area contributed by atoms with Crippen LogP contribution < -0.4 is 9.64 Å². The number of benzene rings is 1. The molecule has 0 saturated carbocycles. The second kappa shape index (κ2) is 4.72. The lowest BCUT2D eigenvalue weighted by atomic mass is 10.1. The minimum absolute atomic E-state index is 0.00403. The number of carbonyl (C=O) groups is 1. The molecule has 96 valence electrons. The number of pyridine rings is 1. The third-order valence-electron chi connectivity index (χ3n) is 3.22. The van der Waals surface area contributed by atoms with E-state index in [1.807, 2.05) is 31.2 Å². The Morgan fingerprint density at radius 3 is 3.00 bits per heavy atom. The van der Waals surface area contributed by atoms with Crippen LogP contribution in [0.15, 0.2) is 42.7 Å². The number of amides is 1. The Labute approximate surface area is 111 Å². The summed E-state index contributed by atoms with van der Waals surface area (Å²) in [6.45, 7) is 2.98. The first-order valence-corrected chi connectivity index (χ1v) is 6.21. The summed E-state index contributed by atoms with van der Waals surface area (Å²) in [6, 6.07) is 9.37. The molecule has 1 aliphatic heterocycles. The molecule has 0 unspecified atom stereocenters. The number of nitrogens with zero attached hydrogens (tertiary/aromatic N) is 2. The third-order valence-corrected chi connectivity index (χ3v) is 3.22.